The zero-order valence-electron chi connectivity index (χ0n) is 12.7. The van der Waals surface area contributed by atoms with Crippen LogP contribution in [-0.4, -0.2) is 64.4 Å². The molecule has 0 amide bonds. The van der Waals surface area contributed by atoms with E-state index in [2.05, 4.69) is 11.9 Å². The smallest absolute Gasteiger partial charge is 0.330 e. The van der Waals surface area contributed by atoms with Gasteiger partial charge in [-0.2, -0.15) is 0 Å². The first kappa shape index (κ1) is 18.1. The average Bonchev–Trinajstić information content (AvgIpc) is 2.79. The molecule has 0 saturated carbocycles. The molecule has 6 N–H and O–H groups in total. The van der Waals surface area contributed by atoms with E-state index in [1.807, 2.05) is 4.98 Å². The fourth-order valence-corrected chi connectivity index (χ4v) is 2.44. The van der Waals surface area contributed by atoms with Gasteiger partial charge in [-0.15, -0.1) is 0 Å². The third kappa shape index (κ3) is 3.19. The summed E-state index contributed by atoms with van der Waals surface area (Å²) in [6.45, 7) is 2.42. The van der Waals surface area contributed by atoms with Gasteiger partial charge in [0.05, 0.1) is 13.2 Å². The lowest BCUT2D eigenvalue weighted by atomic mass is 10.1. The van der Waals surface area contributed by atoms with Gasteiger partial charge in [0, 0.05) is 6.54 Å². The van der Waals surface area contributed by atoms with Gasteiger partial charge in [0.25, 0.3) is 5.56 Å². The maximum atomic E-state index is 12.5. The van der Waals surface area contributed by atoms with E-state index in [-0.39, 0.29) is 17.7 Å². The number of nitrogens with zero attached hydrogens (tertiary/aromatic N) is 2. The minimum absolute atomic E-state index is 0.0901. The molecule has 0 spiro atoms. The molecule has 2 heterocycles. The topological polar surface area (TPSA) is 174 Å². The fraction of sp³-hybridized carbons (Fsp3) is 0.538. The summed E-state index contributed by atoms with van der Waals surface area (Å²) in [6.07, 6.45) is -4.65. The summed E-state index contributed by atoms with van der Waals surface area (Å²) in [5.41, 5.74) is -2.51. The number of aromatic nitrogens is 4. The van der Waals surface area contributed by atoms with E-state index in [9.17, 15) is 29.7 Å². The number of nitrogens with one attached hydrogen (secondary N) is 2. The molecule has 0 unspecified atom stereocenters. The van der Waals surface area contributed by atoms with E-state index in [0.29, 0.717) is 6.42 Å². The lowest BCUT2D eigenvalue weighted by molar-refractivity contribution is -0.0806. The van der Waals surface area contributed by atoms with Crippen LogP contribution in [0.4, 0.5) is 0 Å². The molecule has 0 fully saturated rings. The lowest BCUT2D eigenvalue weighted by Gasteiger charge is -2.21. The number of aliphatic hydroxyl groups excluding tert-OH is 4. The van der Waals surface area contributed by atoms with Crippen LogP contribution in [0.15, 0.2) is 14.4 Å². The minimum atomic E-state index is -1.72. The molecule has 2 aromatic rings. The standard InChI is InChI=1S/C13H19N4O7/c1-2-3-16-8-10(14-12(23)15-11(8)22)17(13(16)24)4-6(19)9(21)7(20)5-18/h6-7,9,18-21H,1-5H2,(H2,14,15,22,23)/t6-,7+,9+/m0/s1. The van der Waals surface area contributed by atoms with E-state index < -0.39 is 48.4 Å². The Kier molecular flexibility index (Phi) is 5.39. The average molecular weight is 343 g/mol. The maximum absolute atomic E-state index is 12.5. The van der Waals surface area contributed by atoms with Crippen LogP contribution in [0, 0.1) is 6.92 Å². The second kappa shape index (κ2) is 7.13. The molecule has 0 aromatic carbocycles. The number of hydrogen-bond acceptors (Lipinski definition) is 7. The summed E-state index contributed by atoms with van der Waals surface area (Å²) in [7, 11) is 0. The summed E-state index contributed by atoms with van der Waals surface area (Å²) in [4.78, 5) is 40.2. The van der Waals surface area contributed by atoms with Crippen molar-refractivity contribution in [1.29, 1.82) is 0 Å². The van der Waals surface area contributed by atoms with Gasteiger partial charge < -0.3 is 20.4 Å². The lowest BCUT2D eigenvalue weighted by Crippen LogP contribution is -2.43. The highest BCUT2D eigenvalue weighted by molar-refractivity contribution is 5.69. The molecule has 24 heavy (non-hydrogen) atoms. The molecular weight excluding hydrogens is 324 g/mol. The van der Waals surface area contributed by atoms with Gasteiger partial charge >= 0.3 is 11.4 Å². The van der Waals surface area contributed by atoms with Crippen molar-refractivity contribution in [2.24, 2.45) is 0 Å². The van der Waals surface area contributed by atoms with Crippen molar-refractivity contribution >= 4 is 11.2 Å². The molecule has 0 aliphatic heterocycles. The number of H-pyrrole nitrogens is 2. The van der Waals surface area contributed by atoms with Crippen molar-refractivity contribution in [2.75, 3.05) is 6.61 Å². The third-order valence-electron chi connectivity index (χ3n) is 3.63. The van der Waals surface area contributed by atoms with Crippen LogP contribution in [0.2, 0.25) is 0 Å². The third-order valence-corrected chi connectivity index (χ3v) is 3.63. The molecule has 0 saturated heterocycles. The first-order valence-corrected chi connectivity index (χ1v) is 7.21. The van der Waals surface area contributed by atoms with Crippen molar-refractivity contribution in [1.82, 2.24) is 19.1 Å². The largest absolute Gasteiger partial charge is 0.394 e. The van der Waals surface area contributed by atoms with Gasteiger partial charge in [-0.1, -0.05) is 6.92 Å². The van der Waals surface area contributed by atoms with Crippen molar-refractivity contribution in [3.63, 3.8) is 0 Å². The number of imidazole rings is 1. The van der Waals surface area contributed by atoms with Gasteiger partial charge in [0.2, 0.25) is 0 Å². The molecule has 133 valence electrons. The predicted octanol–water partition coefficient (Wildman–Crippen LogP) is -3.52. The van der Waals surface area contributed by atoms with Crippen molar-refractivity contribution in [3.05, 3.63) is 38.2 Å². The maximum Gasteiger partial charge on any atom is 0.330 e. The van der Waals surface area contributed by atoms with Gasteiger partial charge in [0.15, 0.2) is 5.52 Å². The highest BCUT2D eigenvalue weighted by atomic mass is 16.4. The summed E-state index contributed by atoms with van der Waals surface area (Å²) in [5.74, 6) is 0. The second-order valence-corrected chi connectivity index (χ2v) is 5.31. The van der Waals surface area contributed by atoms with Gasteiger partial charge in [0.1, 0.15) is 24.0 Å². The van der Waals surface area contributed by atoms with Crippen LogP contribution in [0.1, 0.15) is 6.42 Å². The predicted molar refractivity (Wildman–Crippen MR) is 82.5 cm³/mol. The number of rotatable bonds is 7. The molecule has 0 bridgehead atoms. The van der Waals surface area contributed by atoms with Gasteiger partial charge in [-0.25, -0.2) is 9.59 Å². The molecule has 0 aliphatic carbocycles. The quantitative estimate of drug-likeness (QED) is 0.302. The molecule has 11 nitrogen and oxygen atoms in total. The number of aromatic amines is 2. The number of hydrogen-bond donors (Lipinski definition) is 6. The highest BCUT2D eigenvalue weighted by Gasteiger charge is 2.27. The fourth-order valence-electron chi connectivity index (χ4n) is 2.44. The Morgan fingerprint density at radius 3 is 2.29 bits per heavy atom. The molecule has 2 aromatic heterocycles. The summed E-state index contributed by atoms with van der Waals surface area (Å²) in [5, 5.41) is 37.8. The monoisotopic (exact) mass is 343 g/mol. The van der Waals surface area contributed by atoms with Crippen LogP contribution in [0.3, 0.4) is 0 Å². The van der Waals surface area contributed by atoms with E-state index in [4.69, 9.17) is 5.11 Å². The van der Waals surface area contributed by atoms with Crippen LogP contribution in [0.5, 0.6) is 0 Å². The van der Waals surface area contributed by atoms with E-state index in [1.165, 1.54) is 0 Å². The van der Waals surface area contributed by atoms with Gasteiger partial charge in [-0.3, -0.25) is 23.9 Å². The zero-order valence-corrected chi connectivity index (χ0v) is 12.7. The van der Waals surface area contributed by atoms with E-state index in [1.54, 1.807) is 0 Å². The molecule has 11 heteroatoms. The highest BCUT2D eigenvalue weighted by Crippen LogP contribution is 2.08. The Bertz CT molecular complexity index is 877. The molecule has 3 atom stereocenters. The Hall–Kier alpha value is -2.21. The molecular formula is C13H19N4O7. The second-order valence-electron chi connectivity index (χ2n) is 5.31. The first-order chi connectivity index (χ1) is 11.3. The normalized spacial score (nSPS) is 15.5. The summed E-state index contributed by atoms with van der Waals surface area (Å²) in [6, 6.07) is 0. The zero-order chi connectivity index (χ0) is 18.0. The van der Waals surface area contributed by atoms with E-state index >= 15 is 0 Å². The van der Waals surface area contributed by atoms with E-state index in [0.717, 1.165) is 9.13 Å². The van der Waals surface area contributed by atoms with Gasteiger partial charge in [-0.05, 0) is 6.42 Å². The Morgan fingerprint density at radius 1 is 1.04 bits per heavy atom. The molecule has 1 radical (unpaired) electrons. The van der Waals surface area contributed by atoms with Crippen LogP contribution in [-0.2, 0) is 13.1 Å². The number of fused-ring (bicyclic) bond motifs is 1. The Morgan fingerprint density at radius 2 is 1.71 bits per heavy atom. The molecule has 2 rings (SSSR count). The Balaban J connectivity index is 2.58. The van der Waals surface area contributed by atoms with Crippen LogP contribution in [0.25, 0.3) is 11.2 Å². The Labute approximate surface area is 134 Å². The van der Waals surface area contributed by atoms with Crippen molar-refractivity contribution < 1.29 is 20.4 Å². The SMILES string of the molecule is [CH2]CCn1c(=O)n(C[C@H](O)[C@@H](O)[C@H](O)CO)c2[nH]c(=O)[nH]c(=O)c21. The minimum Gasteiger partial charge on any atom is -0.394 e. The van der Waals surface area contributed by atoms with Crippen molar-refractivity contribution in [2.45, 2.75) is 37.8 Å². The summed E-state index contributed by atoms with van der Waals surface area (Å²) < 4.78 is 2.01. The number of aliphatic hydroxyl groups is 4. The number of aryl methyl sites for hydroxylation is 1. The first-order valence-electron chi connectivity index (χ1n) is 7.21. The molecule has 0 aliphatic rings. The van der Waals surface area contributed by atoms with Crippen LogP contribution >= 0.6 is 0 Å². The van der Waals surface area contributed by atoms with Crippen molar-refractivity contribution in [3.8, 4) is 0 Å². The summed E-state index contributed by atoms with van der Waals surface area (Å²) >= 11 is 0. The van der Waals surface area contributed by atoms with Crippen LogP contribution < -0.4 is 16.9 Å².